The Bertz CT molecular complexity index is 806. The van der Waals surface area contributed by atoms with Crippen molar-refractivity contribution in [2.24, 2.45) is 5.92 Å². The lowest BCUT2D eigenvalue weighted by atomic mass is 10.1. The number of hydrogen-bond acceptors (Lipinski definition) is 6. The maximum Gasteiger partial charge on any atom is 0.186 e. The van der Waals surface area contributed by atoms with Crippen LogP contribution in [-0.4, -0.2) is 50.9 Å². The third-order valence-corrected chi connectivity index (χ3v) is 5.38. The molecular weight excluding hydrogens is 332 g/mol. The monoisotopic (exact) mass is 356 g/mol. The average Bonchev–Trinajstić information content (AvgIpc) is 3.29. The molecule has 6 nitrogen and oxygen atoms in total. The van der Waals surface area contributed by atoms with Gasteiger partial charge in [0.05, 0.1) is 0 Å². The molecule has 0 radical (unpaired) electrons. The van der Waals surface area contributed by atoms with Crippen molar-refractivity contribution in [1.29, 1.82) is 0 Å². The summed E-state index contributed by atoms with van der Waals surface area (Å²) in [5.41, 5.74) is 1.83. The van der Waals surface area contributed by atoms with Gasteiger partial charge in [-0.25, -0.2) is 0 Å². The summed E-state index contributed by atoms with van der Waals surface area (Å²) in [6.45, 7) is 6.88. The van der Waals surface area contributed by atoms with Crippen LogP contribution < -0.4 is 5.32 Å². The van der Waals surface area contributed by atoms with Gasteiger partial charge in [0, 0.05) is 24.0 Å². The molecule has 1 fully saturated rings. The lowest BCUT2D eigenvalue weighted by Crippen LogP contribution is -2.35. The van der Waals surface area contributed by atoms with Gasteiger partial charge in [-0.1, -0.05) is 13.3 Å². The molecule has 0 saturated carbocycles. The van der Waals surface area contributed by atoms with Gasteiger partial charge >= 0.3 is 0 Å². The second kappa shape index (κ2) is 7.49. The van der Waals surface area contributed by atoms with Crippen LogP contribution >= 0.6 is 11.3 Å². The Kier molecular flexibility index (Phi) is 4.94. The smallest absolute Gasteiger partial charge is 0.186 e. The number of nitrogens with zero attached hydrogens (tertiary/aromatic N) is 5. The summed E-state index contributed by atoms with van der Waals surface area (Å²) in [6, 6.07) is 5.99. The minimum absolute atomic E-state index is 0.591. The highest BCUT2D eigenvalue weighted by atomic mass is 32.1. The third kappa shape index (κ3) is 3.82. The number of thiophene rings is 1. The Morgan fingerprint density at radius 2 is 2.04 bits per heavy atom. The topological polar surface area (TPSA) is 58.4 Å². The standard InChI is InChI=1S/C18H24N6S/c1-14(12-23-8-3-2-4-9-23)11-19-16-5-6-17-20-21-18(24(17)22-16)15-7-10-25-13-15/h5-7,10,13-14H,2-4,8-9,11-12H2,1H3,(H,19,22). The summed E-state index contributed by atoms with van der Waals surface area (Å²) in [4.78, 5) is 2.58. The van der Waals surface area contributed by atoms with Crippen molar-refractivity contribution >= 4 is 22.8 Å². The number of hydrogen-bond donors (Lipinski definition) is 1. The van der Waals surface area contributed by atoms with E-state index in [1.807, 2.05) is 28.1 Å². The summed E-state index contributed by atoms with van der Waals surface area (Å²) in [5, 5.41) is 20.8. The van der Waals surface area contributed by atoms with Gasteiger partial charge in [0.15, 0.2) is 11.5 Å². The van der Waals surface area contributed by atoms with Gasteiger partial charge in [-0.15, -0.1) is 15.3 Å². The first-order valence-electron chi connectivity index (χ1n) is 9.01. The molecule has 132 valence electrons. The van der Waals surface area contributed by atoms with E-state index in [2.05, 4.69) is 37.8 Å². The molecule has 4 heterocycles. The van der Waals surface area contributed by atoms with Crippen molar-refractivity contribution < 1.29 is 0 Å². The van der Waals surface area contributed by atoms with Gasteiger partial charge in [-0.3, -0.25) is 0 Å². The van der Waals surface area contributed by atoms with Crippen LogP contribution in [0.3, 0.4) is 0 Å². The van der Waals surface area contributed by atoms with Crippen LogP contribution in [0.2, 0.25) is 0 Å². The Balaban J connectivity index is 1.42. The largest absolute Gasteiger partial charge is 0.368 e. The molecule has 25 heavy (non-hydrogen) atoms. The number of likely N-dealkylation sites (tertiary alicyclic amines) is 1. The van der Waals surface area contributed by atoms with Gasteiger partial charge in [0.25, 0.3) is 0 Å². The molecule has 1 unspecified atom stereocenters. The van der Waals surface area contributed by atoms with Crippen molar-refractivity contribution in [3.8, 4) is 11.4 Å². The first kappa shape index (κ1) is 16.5. The van der Waals surface area contributed by atoms with Crippen molar-refractivity contribution in [1.82, 2.24) is 24.7 Å². The number of aromatic nitrogens is 4. The number of nitrogens with one attached hydrogen (secondary N) is 1. The number of rotatable bonds is 6. The van der Waals surface area contributed by atoms with Crippen LogP contribution in [0, 0.1) is 5.92 Å². The summed E-state index contributed by atoms with van der Waals surface area (Å²) in [7, 11) is 0. The zero-order valence-corrected chi connectivity index (χ0v) is 15.4. The van der Waals surface area contributed by atoms with Crippen molar-refractivity contribution in [3.05, 3.63) is 29.0 Å². The first-order chi connectivity index (χ1) is 12.3. The van der Waals surface area contributed by atoms with Crippen LogP contribution in [0.4, 0.5) is 5.82 Å². The highest BCUT2D eigenvalue weighted by Gasteiger charge is 2.14. The van der Waals surface area contributed by atoms with E-state index in [0.29, 0.717) is 5.92 Å². The fourth-order valence-electron chi connectivity index (χ4n) is 3.38. The first-order valence-corrected chi connectivity index (χ1v) is 9.95. The molecule has 0 bridgehead atoms. The summed E-state index contributed by atoms with van der Waals surface area (Å²) < 4.78 is 1.82. The zero-order valence-electron chi connectivity index (χ0n) is 14.6. The van der Waals surface area contributed by atoms with E-state index in [4.69, 9.17) is 0 Å². The molecule has 1 N–H and O–H groups in total. The van der Waals surface area contributed by atoms with Crippen LogP contribution in [0.1, 0.15) is 26.2 Å². The molecule has 1 aliphatic heterocycles. The highest BCUT2D eigenvalue weighted by molar-refractivity contribution is 7.08. The quantitative estimate of drug-likeness (QED) is 0.734. The van der Waals surface area contributed by atoms with E-state index in [1.54, 1.807) is 11.3 Å². The van der Waals surface area contributed by atoms with Gasteiger partial charge in [-0.05, 0) is 55.4 Å². The van der Waals surface area contributed by atoms with E-state index in [9.17, 15) is 0 Å². The molecule has 1 saturated heterocycles. The molecule has 0 amide bonds. The Hall–Kier alpha value is -1.99. The van der Waals surface area contributed by atoms with E-state index in [1.165, 1.54) is 32.4 Å². The van der Waals surface area contributed by atoms with Crippen LogP contribution in [0.5, 0.6) is 0 Å². The predicted octanol–water partition coefficient (Wildman–Crippen LogP) is 3.39. The van der Waals surface area contributed by atoms with E-state index in [0.717, 1.165) is 35.9 Å². The second-order valence-corrected chi connectivity index (χ2v) is 7.65. The lowest BCUT2D eigenvalue weighted by Gasteiger charge is -2.29. The van der Waals surface area contributed by atoms with Crippen LogP contribution in [0.25, 0.3) is 17.0 Å². The van der Waals surface area contributed by atoms with Gasteiger partial charge in [-0.2, -0.15) is 15.9 Å². The molecule has 0 aromatic carbocycles. The average molecular weight is 356 g/mol. The molecule has 0 aliphatic carbocycles. The van der Waals surface area contributed by atoms with Crippen molar-refractivity contribution in [2.45, 2.75) is 26.2 Å². The summed E-state index contributed by atoms with van der Waals surface area (Å²) in [5.74, 6) is 2.25. The van der Waals surface area contributed by atoms with Crippen molar-refractivity contribution in [3.63, 3.8) is 0 Å². The SMILES string of the molecule is CC(CNc1ccc2nnc(-c3ccsc3)n2n1)CN1CCCCC1. The molecule has 1 aliphatic rings. The molecule has 0 spiro atoms. The fraction of sp³-hybridized carbons (Fsp3) is 0.500. The number of piperidine rings is 1. The van der Waals surface area contributed by atoms with Crippen LogP contribution in [0.15, 0.2) is 29.0 Å². The van der Waals surface area contributed by atoms with Gasteiger partial charge in [0.1, 0.15) is 5.82 Å². The number of fused-ring (bicyclic) bond motifs is 1. The normalized spacial score (nSPS) is 17.0. The maximum atomic E-state index is 4.68. The third-order valence-electron chi connectivity index (χ3n) is 4.69. The van der Waals surface area contributed by atoms with Gasteiger partial charge < -0.3 is 10.2 Å². The highest BCUT2D eigenvalue weighted by Crippen LogP contribution is 2.21. The van der Waals surface area contributed by atoms with E-state index < -0.39 is 0 Å². The Morgan fingerprint density at radius 1 is 1.16 bits per heavy atom. The second-order valence-electron chi connectivity index (χ2n) is 6.87. The lowest BCUT2D eigenvalue weighted by molar-refractivity contribution is 0.204. The molecule has 1 atom stereocenters. The zero-order chi connectivity index (χ0) is 17.1. The molecule has 3 aromatic rings. The fourth-order valence-corrected chi connectivity index (χ4v) is 4.02. The minimum atomic E-state index is 0.591. The Labute approximate surface area is 151 Å². The Morgan fingerprint density at radius 3 is 2.84 bits per heavy atom. The summed E-state index contributed by atoms with van der Waals surface area (Å²) in [6.07, 6.45) is 4.08. The minimum Gasteiger partial charge on any atom is -0.368 e. The van der Waals surface area contributed by atoms with Crippen LogP contribution in [-0.2, 0) is 0 Å². The van der Waals surface area contributed by atoms with Gasteiger partial charge in [0.2, 0.25) is 0 Å². The molecule has 3 aromatic heterocycles. The molecule has 4 rings (SSSR count). The van der Waals surface area contributed by atoms with Crippen molar-refractivity contribution in [2.75, 3.05) is 31.5 Å². The van der Waals surface area contributed by atoms with E-state index in [-0.39, 0.29) is 0 Å². The number of anilines is 1. The molecular formula is C18H24N6S. The summed E-state index contributed by atoms with van der Waals surface area (Å²) >= 11 is 1.65. The van der Waals surface area contributed by atoms with E-state index >= 15 is 0 Å². The predicted molar refractivity (Wildman–Crippen MR) is 102 cm³/mol. The maximum absolute atomic E-state index is 4.68. The molecule has 7 heteroatoms.